The Morgan fingerprint density at radius 3 is 2.93 bits per heavy atom. The number of nitrogens with two attached hydrogens (primary N) is 1. The number of nitrogens with one attached hydrogen (secondary N) is 1. The van der Waals surface area contributed by atoms with E-state index in [1.807, 2.05) is 23.0 Å². The van der Waals surface area contributed by atoms with Crippen LogP contribution in [0.15, 0.2) is 23.6 Å². The summed E-state index contributed by atoms with van der Waals surface area (Å²) in [5.41, 5.74) is 7.90. The molecule has 14 heavy (non-hydrogen) atoms. The van der Waals surface area contributed by atoms with Gasteiger partial charge in [0.25, 0.3) is 0 Å². The van der Waals surface area contributed by atoms with Gasteiger partial charge in [-0.15, -0.1) is 0 Å². The summed E-state index contributed by atoms with van der Waals surface area (Å²) in [6.45, 7) is 4.17. The van der Waals surface area contributed by atoms with Gasteiger partial charge in [0.2, 0.25) is 0 Å². The second-order valence-corrected chi connectivity index (χ2v) is 3.22. The van der Waals surface area contributed by atoms with Crippen molar-refractivity contribution in [2.75, 3.05) is 0 Å². The van der Waals surface area contributed by atoms with Gasteiger partial charge in [0, 0.05) is 24.0 Å². The first-order chi connectivity index (χ1) is 6.59. The molecule has 0 saturated carbocycles. The van der Waals surface area contributed by atoms with Crippen LogP contribution in [0.3, 0.4) is 0 Å². The number of hydrazone groups is 1. The third-order valence-corrected chi connectivity index (χ3v) is 1.72. The number of carbonyl (C=O) groups excluding carboxylic acids is 1. The predicted molar refractivity (Wildman–Crippen MR) is 55.1 cm³/mol. The Bertz CT molecular complexity index is 340. The van der Waals surface area contributed by atoms with E-state index in [9.17, 15) is 4.79 Å². The fraction of sp³-hybridized carbons (Fsp3) is 0.333. The fourth-order valence-electron chi connectivity index (χ4n) is 0.998. The maximum absolute atomic E-state index is 10.3. The Balaban J connectivity index is 2.59. The highest BCUT2D eigenvalue weighted by Crippen LogP contribution is 2.06. The SMILES string of the molecule is CC(C)n1ccc(/C=N\NC(N)=O)c1. The van der Waals surface area contributed by atoms with E-state index in [-0.39, 0.29) is 0 Å². The molecule has 76 valence electrons. The number of rotatable bonds is 3. The van der Waals surface area contributed by atoms with Crippen LogP contribution >= 0.6 is 0 Å². The van der Waals surface area contributed by atoms with Crippen LogP contribution in [0.4, 0.5) is 4.79 Å². The highest BCUT2D eigenvalue weighted by atomic mass is 16.2. The van der Waals surface area contributed by atoms with Crippen molar-refractivity contribution in [1.29, 1.82) is 0 Å². The van der Waals surface area contributed by atoms with Crippen molar-refractivity contribution in [3.05, 3.63) is 24.0 Å². The van der Waals surface area contributed by atoms with Gasteiger partial charge in [-0.1, -0.05) is 0 Å². The number of amides is 2. The minimum Gasteiger partial charge on any atom is -0.351 e. The standard InChI is InChI=1S/C9H14N4O/c1-7(2)13-4-3-8(6-13)5-11-12-9(10)14/h3-7H,1-2H3,(H3,10,12,14)/b11-5-. The summed E-state index contributed by atoms with van der Waals surface area (Å²) in [6, 6.07) is 1.66. The van der Waals surface area contributed by atoms with Crippen LogP contribution in [0.25, 0.3) is 0 Å². The van der Waals surface area contributed by atoms with Crippen LogP contribution in [-0.4, -0.2) is 16.8 Å². The van der Waals surface area contributed by atoms with Crippen molar-refractivity contribution in [3.8, 4) is 0 Å². The first-order valence-corrected chi connectivity index (χ1v) is 4.35. The number of hydrogen-bond donors (Lipinski definition) is 2. The van der Waals surface area contributed by atoms with Gasteiger partial charge in [-0.05, 0) is 19.9 Å². The zero-order chi connectivity index (χ0) is 10.6. The van der Waals surface area contributed by atoms with Crippen LogP contribution in [0.1, 0.15) is 25.5 Å². The molecular formula is C9H14N4O. The Labute approximate surface area is 82.6 Å². The Morgan fingerprint density at radius 1 is 1.71 bits per heavy atom. The van der Waals surface area contributed by atoms with Crippen molar-refractivity contribution in [2.45, 2.75) is 19.9 Å². The second-order valence-electron chi connectivity index (χ2n) is 3.22. The van der Waals surface area contributed by atoms with E-state index in [0.29, 0.717) is 6.04 Å². The molecule has 0 radical (unpaired) electrons. The van der Waals surface area contributed by atoms with E-state index >= 15 is 0 Å². The molecule has 2 amide bonds. The van der Waals surface area contributed by atoms with Crippen molar-refractivity contribution in [3.63, 3.8) is 0 Å². The topological polar surface area (TPSA) is 72.4 Å². The summed E-state index contributed by atoms with van der Waals surface area (Å²) in [5, 5.41) is 3.65. The summed E-state index contributed by atoms with van der Waals surface area (Å²) in [5.74, 6) is 0. The lowest BCUT2D eigenvalue weighted by atomic mass is 10.4. The molecule has 0 unspecified atom stereocenters. The molecule has 0 aliphatic carbocycles. The lowest BCUT2D eigenvalue weighted by Gasteiger charge is -2.04. The predicted octanol–water partition coefficient (Wildman–Crippen LogP) is 1.07. The molecular weight excluding hydrogens is 180 g/mol. The largest absolute Gasteiger partial charge is 0.351 e. The molecule has 0 fully saturated rings. The van der Waals surface area contributed by atoms with Gasteiger partial charge >= 0.3 is 6.03 Å². The summed E-state index contributed by atoms with van der Waals surface area (Å²) in [4.78, 5) is 10.3. The molecule has 1 heterocycles. The number of primary amides is 1. The van der Waals surface area contributed by atoms with Gasteiger partial charge in [-0.3, -0.25) is 0 Å². The number of urea groups is 1. The van der Waals surface area contributed by atoms with Crippen LogP contribution < -0.4 is 11.2 Å². The molecule has 3 N–H and O–H groups in total. The van der Waals surface area contributed by atoms with E-state index < -0.39 is 6.03 Å². The van der Waals surface area contributed by atoms with Crippen molar-refractivity contribution >= 4 is 12.2 Å². The van der Waals surface area contributed by atoms with Gasteiger partial charge in [-0.2, -0.15) is 5.10 Å². The highest BCUT2D eigenvalue weighted by Gasteiger charge is 1.97. The average Bonchev–Trinajstić information content (AvgIpc) is 2.52. The fourth-order valence-corrected chi connectivity index (χ4v) is 0.998. The van der Waals surface area contributed by atoms with E-state index in [0.717, 1.165) is 5.56 Å². The molecule has 1 aromatic heterocycles. The summed E-state index contributed by atoms with van der Waals surface area (Å²) in [6.07, 6.45) is 5.44. The van der Waals surface area contributed by atoms with Crippen LogP contribution in [0.2, 0.25) is 0 Å². The smallest absolute Gasteiger partial charge is 0.332 e. The van der Waals surface area contributed by atoms with Gasteiger partial charge in [0.1, 0.15) is 0 Å². The van der Waals surface area contributed by atoms with E-state index in [2.05, 4.69) is 24.4 Å². The third kappa shape index (κ3) is 2.93. The summed E-state index contributed by atoms with van der Waals surface area (Å²) < 4.78 is 2.05. The zero-order valence-corrected chi connectivity index (χ0v) is 8.27. The molecule has 5 nitrogen and oxygen atoms in total. The van der Waals surface area contributed by atoms with Gasteiger partial charge in [0.15, 0.2) is 0 Å². The summed E-state index contributed by atoms with van der Waals surface area (Å²) >= 11 is 0. The molecule has 0 aliphatic rings. The highest BCUT2D eigenvalue weighted by molar-refractivity contribution is 5.81. The van der Waals surface area contributed by atoms with Crippen molar-refractivity contribution in [1.82, 2.24) is 9.99 Å². The van der Waals surface area contributed by atoms with E-state index in [4.69, 9.17) is 5.73 Å². The first kappa shape index (κ1) is 10.3. The average molecular weight is 194 g/mol. The first-order valence-electron chi connectivity index (χ1n) is 4.35. The Hall–Kier alpha value is -1.78. The number of hydrogen-bond acceptors (Lipinski definition) is 2. The zero-order valence-electron chi connectivity index (χ0n) is 8.27. The van der Waals surface area contributed by atoms with E-state index in [1.54, 1.807) is 6.21 Å². The van der Waals surface area contributed by atoms with E-state index in [1.165, 1.54) is 0 Å². The molecule has 0 aromatic carbocycles. The van der Waals surface area contributed by atoms with Gasteiger partial charge < -0.3 is 10.3 Å². The minimum absolute atomic E-state index is 0.418. The third-order valence-electron chi connectivity index (χ3n) is 1.72. The maximum Gasteiger partial charge on any atom is 0.332 e. The molecule has 1 aromatic rings. The van der Waals surface area contributed by atoms with Gasteiger partial charge in [-0.25, -0.2) is 10.2 Å². The number of nitrogens with zero attached hydrogens (tertiary/aromatic N) is 2. The molecule has 0 aliphatic heterocycles. The molecule has 0 spiro atoms. The lowest BCUT2D eigenvalue weighted by molar-refractivity contribution is 0.249. The Kier molecular flexibility index (Phi) is 3.28. The van der Waals surface area contributed by atoms with Crippen LogP contribution in [0.5, 0.6) is 0 Å². The van der Waals surface area contributed by atoms with Gasteiger partial charge in [0.05, 0.1) is 6.21 Å². The lowest BCUT2D eigenvalue weighted by Crippen LogP contribution is -2.24. The molecule has 0 saturated heterocycles. The van der Waals surface area contributed by atoms with Crippen molar-refractivity contribution < 1.29 is 4.79 Å². The number of aromatic nitrogens is 1. The quantitative estimate of drug-likeness (QED) is 0.548. The molecule has 0 atom stereocenters. The maximum atomic E-state index is 10.3. The molecule has 0 bridgehead atoms. The normalized spacial score (nSPS) is 11.1. The molecule has 1 rings (SSSR count). The second kappa shape index (κ2) is 4.45. The van der Waals surface area contributed by atoms with Crippen LogP contribution in [0, 0.1) is 0 Å². The molecule has 5 heteroatoms. The monoisotopic (exact) mass is 194 g/mol. The van der Waals surface area contributed by atoms with Crippen molar-refractivity contribution in [2.24, 2.45) is 10.8 Å². The number of carbonyl (C=O) groups is 1. The van der Waals surface area contributed by atoms with Crippen LogP contribution in [-0.2, 0) is 0 Å². The Morgan fingerprint density at radius 2 is 2.43 bits per heavy atom. The minimum atomic E-state index is -0.662. The summed E-state index contributed by atoms with van der Waals surface area (Å²) in [7, 11) is 0.